The first-order valence-corrected chi connectivity index (χ1v) is 8.30. The van der Waals surface area contributed by atoms with E-state index in [2.05, 4.69) is 29.6 Å². The van der Waals surface area contributed by atoms with Gasteiger partial charge in [0, 0.05) is 11.3 Å². The average molecular weight is 295 g/mol. The third kappa shape index (κ3) is 1.87. The molecule has 1 nitrogen and oxygen atoms in total. The zero-order valence-corrected chi connectivity index (χ0v) is 13.0. The van der Waals surface area contributed by atoms with Crippen LogP contribution >= 0.6 is 0 Å². The van der Waals surface area contributed by atoms with Crippen LogP contribution in [0.4, 0.5) is 4.39 Å². The van der Waals surface area contributed by atoms with Crippen LogP contribution in [0.15, 0.2) is 42.5 Å². The van der Waals surface area contributed by atoms with Crippen LogP contribution in [0, 0.1) is 5.82 Å². The Kier molecular flexibility index (Phi) is 3.30. The SMILES string of the molecule is CNCCCC12CCC(c3ccccc31)c1cc(F)ccc12. The van der Waals surface area contributed by atoms with Crippen molar-refractivity contribution in [2.75, 3.05) is 13.6 Å². The van der Waals surface area contributed by atoms with Crippen LogP contribution in [-0.2, 0) is 5.41 Å². The first-order chi connectivity index (χ1) is 10.8. The fourth-order valence-corrected chi connectivity index (χ4v) is 4.74. The Morgan fingerprint density at radius 1 is 1.14 bits per heavy atom. The molecular formula is C20H22FN. The van der Waals surface area contributed by atoms with Crippen LogP contribution in [0.1, 0.15) is 53.9 Å². The monoisotopic (exact) mass is 295 g/mol. The van der Waals surface area contributed by atoms with Gasteiger partial charge in [0.25, 0.3) is 0 Å². The van der Waals surface area contributed by atoms with E-state index < -0.39 is 0 Å². The maximum absolute atomic E-state index is 13.8. The molecule has 0 fully saturated rings. The van der Waals surface area contributed by atoms with Gasteiger partial charge in [-0.15, -0.1) is 0 Å². The van der Waals surface area contributed by atoms with Gasteiger partial charge in [0.2, 0.25) is 0 Å². The highest BCUT2D eigenvalue weighted by molar-refractivity contribution is 5.59. The Balaban J connectivity index is 1.89. The van der Waals surface area contributed by atoms with E-state index in [1.165, 1.54) is 28.7 Å². The second-order valence-electron chi connectivity index (χ2n) is 6.70. The molecule has 2 unspecified atom stereocenters. The quantitative estimate of drug-likeness (QED) is 0.827. The van der Waals surface area contributed by atoms with Crippen molar-refractivity contribution >= 4 is 0 Å². The van der Waals surface area contributed by atoms with Gasteiger partial charge in [-0.05, 0) is 73.7 Å². The Morgan fingerprint density at radius 3 is 2.82 bits per heavy atom. The molecule has 0 saturated heterocycles. The van der Waals surface area contributed by atoms with E-state index in [1.54, 1.807) is 12.1 Å². The van der Waals surface area contributed by atoms with Gasteiger partial charge in [-0.25, -0.2) is 4.39 Å². The molecule has 3 aliphatic rings. The number of hydrogen-bond donors (Lipinski definition) is 1. The second kappa shape index (κ2) is 5.20. The number of rotatable bonds is 4. The summed E-state index contributed by atoms with van der Waals surface area (Å²) in [7, 11) is 2.01. The number of fused-ring (bicyclic) bond motifs is 1. The van der Waals surface area contributed by atoms with Crippen LogP contribution in [0.25, 0.3) is 0 Å². The van der Waals surface area contributed by atoms with Gasteiger partial charge in [0.1, 0.15) is 5.82 Å². The molecule has 2 heteroatoms. The van der Waals surface area contributed by atoms with E-state index in [0.717, 1.165) is 25.8 Å². The van der Waals surface area contributed by atoms with Crippen LogP contribution in [0.3, 0.4) is 0 Å². The van der Waals surface area contributed by atoms with E-state index in [-0.39, 0.29) is 11.2 Å². The summed E-state index contributed by atoms with van der Waals surface area (Å²) in [5, 5.41) is 3.26. The minimum atomic E-state index is -0.103. The highest BCUT2D eigenvalue weighted by Crippen LogP contribution is 2.58. The third-order valence-corrected chi connectivity index (χ3v) is 5.65. The number of halogens is 1. The first-order valence-electron chi connectivity index (χ1n) is 8.30. The molecule has 2 bridgehead atoms. The summed E-state index contributed by atoms with van der Waals surface area (Å²) in [6.45, 7) is 1.03. The molecule has 2 atom stereocenters. The number of benzene rings is 2. The lowest BCUT2D eigenvalue weighted by atomic mass is 9.54. The van der Waals surface area contributed by atoms with Gasteiger partial charge < -0.3 is 5.32 Å². The van der Waals surface area contributed by atoms with Crippen molar-refractivity contribution in [1.29, 1.82) is 0 Å². The standard InChI is InChI=1S/C20H22FN/c1-22-12-4-10-20-11-9-15(16-5-2-3-6-18(16)20)17-13-14(21)7-8-19(17)20/h2-3,5-8,13,15,22H,4,9-12H2,1H3. The zero-order chi connectivity index (χ0) is 15.2. The van der Waals surface area contributed by atoms with Gasteiger partial charge in [0.05, 0.1) is 0 Å². The molecular weight excluding hydrogens is 273 g/mol. The molecule has 2 aromatic rings. The van der Waals surface area contributed by atoms with Gasteiger partial charge >= 0.3 is 0 Å². The van der Waals surface area contributed by atoms with Crippen LogP contribution < -0.4 is 5.32 Å². The van der Waals surface area contributed by atoms with E-state index in [0.29, 0.717) is 5.92 Å². The number of nitrogens with one attached hydrogen (secondary N) is 1. The molecule has 0 heterocycles. The third-order valence-electron chi connectivity index (χ3n) is 5.65. The van der Waals surface area contributed by atoms with Crippen LogP contribution in [-0.4, -0.2) is 13.6 Å². The van der Waals surface area contributed by atoms with E-state index >= 15 is 0 Å². The molecule has 0 aliphatic heterocycles. The summed E-state index contributed by atoms with van der Waals surface area (Å²) in [5.41, 5.74) is 5.61. The summed E-state index contributed by atoms with van der Waals surface area (Å²) in [6, 6.07) is 14.3. The molecule has 3 aliphatic carbocycles. The lowest BCUT2D eigenvalue weighted by Crippen LogP contribution is -2.40. The lowest BCUT2D eigenvalue weighted by Gasteiger charge is -2.50. The molecule has 5 rings (SSSR count). The van der Waals surface area contributed by atoms with Gasteiger partial charge in [-0.2, -0.15) is 0 Å². The highest BCUT2D eigenvalue weighted by atomic mass is 19.1. The normalized spacial score (nSPS) is 24.9. The number of hydrogen-bond acceptors (Lipinski definition) is 1. The zero-order valence-electron chi connectivity index (χ0n) is 13.0. The maximum Gasteiger partial charge on any atom is 0.123 e. The van der Waals surface area contributed by atoms with Gasteiger partial charge in [0.15, 0.2) is 0 Å². The molecule has 1 N–H and O–H groups in total. The first kappa shape index (κ1) is 14.0. The van der Waals surface area contributed by atoms with Gasteiger partial charge in [-0.1, -0.05) is 30.3 Å². The molecule has 22 heavy (non-hydrogen) atoms. The second-order valence-corrected chi connectivity index (χ2v) is 6.70. The molecule has 0 aromatic heterocycles. The summed E-state index contributed by atoms with van der Waals surface area (Å²) in [5.74, 6) is 0.280. The lowest BCUT2D eigenvalue weighted by molar-refractivity contribution is 0.340. The minimum Gasteiger partial charge on any atom is -0.320 e. The topological polar surface area (TPSA) is 12.0 Å². The van der Waals surface area contributed by atoms with E-state index in [9.17, 15) is 4.39 Å². The van der Waals surface area contributed by atoms with Crippen molar-refractivity contribution in [3.63, 3.8) is 0 Å². The summed E-state index contributed by atoms with van der Waals surface area (Å²) in [6.07, 6.45) is 4.62. The average Bonchev–Trinajstić information content (AvgIpc) is 2.55. The Morgan fingerprint density at radius 2 is 1.95 bits per heavy atom. The van der Waals surface area contributed by atoms with Crippen molar-refractivity contribution < 1.29 is 4.39 Å². The summed E-state index contributed by atoms with van der Waals surface area (Å²) >= 11 is 0. The molecule has 0 spiro atoms. The van der Waals surface area contributed by atoms with Crippen LogP contribution in [0.2, 0.25) is 0 Å². The van der Waals surface area contributed by atoms with Crippen molar-refractivity contribution in [2.45, 2.75) is 37.0 Å². The Bertz CT molecular complexity index is 709. The smallest absolute Gasteiger partial charge is 0.123 e. The summed E-state index contributed by atoms with van der Waals surface area (Å²) in [4.78, 5) is 0. The molecule has 0 radical (unpaired) electrons. The largest absolute Gasteiger partial charge is 0.320 e. The molecule has 114 valence electrons. The predicted octanol–water partition coefficient (Wildman–Crippen LogP) is 4.35. The maximum atomic E-state index is 13.8. The molecule has 0 saturated carbocycles. The van der Waals surface area contributed by atoms with Crippen LogP contribution in [0.5, 0.6) is 0 Å². The fourth-order valence-electron chi connectivity index (χ4n) is 4.74. The highest BCUT2D eigenvalue weighted by Gasteiger charge is 2.47. The fraction of sp³-hybridized carbons (Fsp3) is 0.400. The van der Waals surface area contributed by atoms with E-state index in [4.69, 9.17) is 0 Å². The van der Waals surface area contributed by atoms with Crippen molar-refractivity contribution in [2.24, 2.45) is 0 Å². The minimum absolute atomic E-state index is 0.0885. The Hall–Kier alpha value is -1.67. The van der Waals surface area contributed by atoms with Crippen molar-refractivity contribution in [3.8, 4) is 0 Å². The van der Waals surface area contributed by atoms with Crippen molar-refractivity contribution in [1.82, 2.24) is 5.32 Å². The van der Waals surface area contributed by atoms with Crippen molar-refractivity contribution in [3.05, 3.63) is 70.5 Å². The Labute approximate surface area is 131 Å². The van der Waals surface area contributed by atoms with E-state index in [1.807, 2.05) is 13.1 Å². The summed E-state index contributed by atoms with van der Waals surface area (Å²) < 4.78 is 13.8. The molecule has 2 aromatic carbocycles. The predicted molar refractivity (Wildman–Crippen MR) is 87.9 cm³/mol. The molecule has 0 amide bonds. The van der Waals surface area contributed by atoms with Gasteiger partial charge in [-0.3, -0.25) is 0 Å².